The second kappa shape index (κ2) is 6.90. The molecule has 138 valence electrons. The number of rotatable bonds is 3. The predicted octanol–water partition coefficient (Wildman–Crippen LogP) is 4.81. The van der Waals surface area contributed by atoms with Gasteiger partial charge in [-0.25, -0.2) is 0 Å². The zero-order chi connectivity index (χ0) is 18.2. The van der Waals surface area contributed by atoms with Crippen molar-refractivity contribution in [3.8, 4) is 5.75 Å². The standard InChI is InChI=1S/C24H26N2O/c27-20-5-3-4-17(15-20)18-10-11-25-19(14-18)12-16-8-9-24-22(13-16)21-6-1-2-7-23(21)26-24/h1-7,10,15-16,19,25-27H,8-9,11-14H2. The van der Waals surface area contributed by atoms with E-state index < -0.39 is 0 Å². The molecule has 2 unspecified atom stereocenters. The molecule has 3 nitrogen and oxygen atoms in total. The summed E-state index contributed by atoms with van der Waals surface area (Å²) in [6.45, 7) is 0.917. The van der Waals surface area contributed by atoms with Crippen LogP contribution in [0.15, 0.2) is 54.6 Å². The number of hydrogen-bond acceptors (Lipinski definition) is 2. The molecule has 0 fully saturated rings. The van der Waals surface area contributed by atoms with E-state index in [2.05, 4.69) is 46.7 Å². The van der Waals surface area contributed by atoms with Crippen LogP contribution in [-0.4, -0.2) is 22.7 Å². The van der Waals surface area contributed by atoms with Crippen LogP contribution in [0.5, 0.6) is 5.75 Å². The van der Waals surface area contributed by atoms with Crippen LogP contribution in [0.4, 0.5) is 0 Å². The third-order valence-electron chi connectivity index (χ3n) is 6.25. The molecule has 2 aromatic carbocycles. The fourth-order valence-corrected chi connectivity index (χ4v) is 4.92. The van der Waals surface area contributed by atoms with Gasteiger partial charge in [-0.1, -0.05) is 36.4 Å². The molecule has 3 N–H and O–H groups in total. The minimum absolute atomic E-state index is 0.350. The molecule has 0 spiro atoms. The van der Waals surface area contributed by atoms with Gasteiger partial charge in [-0.3, -0.25) is 0 Å². The number of fused-ring (bicyclic) bond motifs is 3. The molecule has 0 saturated carbocycles. The van der Waals surface area contributed by atoms with Gasteiger partial charge in [0.1, 0.15) is 5.75 Å². The number of nitrogens with one attached hydrogen (secondary N) is 2. The maximum atomic E-state index is 9.78. The molecule has 0 radical (unpaired) electrons. The highest BCUT2D eigenvalue weighted by atomic mass is 16.3. The van der Waals surface area contributed by atoms with E-state index in [-0.39, 0.29) is 0 Å². The van der Waals surface area contributed by atoms with Gasteiger partial charge in [0.25, 0.3) is 0 Å². The first-order valence-electron chi connectivity index (χ1n) is 10.1. The van der Waals surface area contributed by atoms with Crippen LogP contribution in [0.25, 0.3) is 16.5 Å². The first-order chi connectivity index (χ1) is 13.3. The molecule has 1 aliphatic heterocycles. The number of aromatic nitrogens is 1. The summed E-state index contributed by atoms with van der Waals surface area (Å²) >= 11 is 0. The van der Waals surface area contributed by atoms with Crippen LogP contribution in [0, 0.1) is 5.92 Å². The number of aromatic amines is 1. The first-order valence-corrected chi connectivity index (χ1v) is 10.1. The molecule has 5 rings (SSSR count). The van der Waals surface area contributed by atoms with E-state index in [0.29, 0.717) is 11.8 Å². The number of aryl methyl sites for hydroxylation is 1. The second-order valence-electron chi connectivity index (χ2n) is 8.06. The van der Waals surface area contributed by atoms with Gasteiger partial charge in [0.2, 0.25) is 0 Å². The lowest BCUT2D eigenvalue weighted by Crippen LogP contribution is -2.35. The van der Waals surface area contributed by atoms with Crippen molar-refractivity contribution < 1.29 is 5.11 Å². The zero-order valence-electron chi connectivity index (χ0n) is 15.5. The summed E-state index contributed by atoms with van der Waals surface area (Å²) < 4.78 is 0. The molecule has 2 atom stereocenters. The maximum Gasteiger partial charge on any atom is 0.116 e. The minimum Gasteiger partial charge on any atom is -0.508 e. The Morgan fingerprint density at radius 1 is 1.04 bits per heavy atom. The molecule has 3 aromatic rings. The van der Waals surface area contributed by atoms with E-state index in [4.69, 9.17) is 0 Å². The van der Waals surface area contributed by atoms with E-state index in [9.17, 15) is 5.11 Å². The van der Waals surface area contributed by atoms with Gasteiger partial charge in [-0.05, 0) is 72.9 Å². The van der Waals surface area contributed by atoms with Gasteiger partial charge in [-0.2, -0.15) is 0 Å². The molecule has 3 heteroatoms. The Morgan fingerprint density at radius 3 is 2.89 bits per heavy atom. The molecule has 2 heterocycles. The van der Waals surface area contributed by atoms with Crippen molar-refractivity contribution in [3.05, 3.63) is 71.4 Å². The van der Waals surface area contributed by atoms with Gasteiger partial charge in [0, 0.05) is 29.2 Å². The van der Waals surface area contributed by atoms with E-state index in [1.165, 1.54) is 41.4 Å². The summed E-state index contributed by atoms with van der Waals surface area (Å²) in [7, 11) is 0. The number of H-pyrrole nitrogens is 1. The zero-order valence-corrected chi connectivity index (χ0v) is 15.5. The Kier molecular flexibility index (Phi) is 4.25. The fraction of sp³-hybridized carbons (Fsp3) is 0.333. The highest BCUT2D eigenvalue weighted by molar-refractivity contribution is 5.84. The number of para-hydroxylation sites is 1. The summed E-state index contributed by atoms with van der Waals surface area (Å²) in [6, 6.07) is 16.9. The summed E-state index contributed by atoms with van der Waals surface area (Å²) in [5, 5.41) is 14.9. The van der Waals surface area contributed by atoms with Crippen molar-refractivity contribution in [3.63, 3.8) is 0 Å². The molecular weight excluding hydrogens is 332 g/mol. The van der Waals surface area contributed by atoms with Crippen LogP contribution in [0.3, 0.4) is 0 Å². The Hall–Kier alpha value is -2.52. The molecule has 0 bridgehead atoms. The quantitative estimate of drug-likeness (QED) is 0.629. The van der Waals surface area contributed by atoms with Crippen molar-refractivity contribution in [2.24, 2.45) is 5.92 Å². The van der Waals surface area contributed by atoms with E-state index >= 15 is 0 Å². The van der Waals surface area contributed by atoms with Crippen molar-refractivity contribution >= 4 is 16.5 Å². The molecule has 2 aliphatic rings. The third-order valence-corrected chi connectivity index (χ3v) is 6.25. The summed E-state index contributed by atoms with van der Waals surface area (Å²) in [5.41, 5.74) is 6.79. The van der Waals surface area contributed by atoms with Crippen LogP contribution in [0.1, 0.15) is 36.1 Å². The topological polar surface area (TPSA) is 48.0 Å². The monoisotopic (exact) mass is 358 g/mol. The van der Waals surface area contributed by atoms with E-state index in [0.717, 1.165) is 30.9 Å². The number of phenolic OH excluding ortho intramolecular Hbond substituents is 1. The van der Waals surface area contributed by atoms with Gasteiger partial charge in [-0.15, -0.1) is 0 Å². The smallest absolute Gasteiger partial charge is 0.116 e. The Bertz CT molecular complexity index is 1000. The summed E-state index contributed by atoms with van der Waals surface area (Å²) in [4.78, 5) is 3.63. The SMILES string of the molecule is Oc1cccc(C2=CCNC(CC3CCc4[nH]c5ccccc5c4C3)C2)c1. The largest absolute Gasteiger partial charge is 0.508 e. The lowest BCUT2D eigenvalue weighted by Gasteiger charge is -2.30. The van der Waals surface area contributed by atoms with E-state index in [1.54, 1.807) is 11.6 Å². The van der Waals surface area contributed by atoms with Crippen molar-refractivity contribution in [1.82, 2.24) is 10.3 Å². The van der Waals surface area contributed by atoms with Crippen LogP contribution in [0.2, 0.25) is 0 Å². The second-order valence-corrected chi connectivity index (χ2v) is 8.06. The molecule has 0 amide bonds. The lowest BCUT2D eigenvalue weighted by molar-refractivity contribution is 0.356. The normalized spacial score (nSPS) is 22.4. The number of phenols is 1. The van der Waals surface area contributed by atoms with Crippen molar-refractivity contribution in [1.29, 1.82) is 0 Å². The Morgan fingerprint density at radius 2 is 1.96 bits per heavy atom. The predicted molar refractivity (Wildman–Crippen MR) is 111 cm³/mol. The minimum atomic E-state index is 0.350. The van der Waals surface area contributed by atoms with Gasteiger partial charge < -0.3 is 15.4 Å². The van der Waals surface area contributed by atoms with E-state index in [1.807, 2.05) is 12.1 Å². The lowest BCUT2D eigenvalue weighted by atomic mass is 9.80. The highest BCUT2D eigenvalue weighted by Gasteiger charge is 2.26. The Labute approximate surface area is 160 Å². The van der Waals surface area contributed by atoms with Crippen molar-refractivity contribution in [2.45, 2.75) is 38.1 Å². The summed E-state index contributed by atoms with van der Waals surface area (Å²) in [6.07, 6.45) is 8.14. The Balaban J connectivity index is 1.29. The molecule has 0 saturated heterocycles. The van der Waals surface area contributed by atoms with Gasteiger partial charge >= 0.3 is 0 Å². The molecular formula is C24H26N2O. The number of benzene rings is 2. The van der Waals surface area contributed by atoms with Crippen molar-refractivity contribution in [2.75, 3.05) is 6.54 Å². The molecule has 27 heavy (non-hydrogen) atoms. The highest BCUT2D eigenvalue weighted by Crippen LogP contribution is 2.35. The summed E-state index contributed by atoms with van der Waals surface area (Å²) in [5.74, 6) is 1.08. The van der Waals surface area contributed by atoms with Gasteiger partial charge in [0.15, 0.2) is 0 Å². The number of aromatic hydroxyl groups is 1. The van der Waals surface area contributed by atoms with Crippen LogP contribution in [-0.2, 0) is 12.8 Å². The van der Waals surface area contributed by atoms with Crippen LogP contribution >= 0.6 is 0 Å². The molecule has 1 aromatic heterocycles. The maximum absolute atomic E-state index is 9.78. The fourth-order valence-electron chi connectivity index (χ4n) is 4.92. The molecule has 1 aliphatic carbocycles. The average molecular weight is 358 g/mol. The first kappa shape index (κ1) is 16.6. The number of hydrogen-bond donors (Lipinski definition) is 3. The van der Waals surface area contributed by atoms with Crippen LogP contribution < -0.4 is 5.32 Å². The van der Waals surface area contributed by atoms with Gasteiger partial charge in [0.05, 0.1) is 0 Å². The average Bonchev–Trinajstić information content (AvgIpc) is 3.06. The third kappa shape index (κ3) is 3.28.